The number of rotatable bonds is 2. The lowest BCUT2D eigenvalue weighted by atomic mass is 9.92. The Hall–Kier alpha value is -3.21. The lowest BCUT2D eigenvalue weighted by molar-refractivity contribution is 0.388. The first-order valence-corrected chi connectivity index (χ1v) is 8.86. The van der Waals surface area contributed by atoms with Crippen LogP contribution in [0.1, 0.15) is 18.4 Å². The molecule has 2 aliphatic heterocycles. The van der Waals surface area contributed by atoms with E-state index in [1.54, 1.807) is 18.7 Å². The number of piperidine rings is 1. The number of aromatic amines is 1. The summed E-state index contributed by atoms with van der Waals surface area (Å²) in [7, 11) is 0. The fraction of sp³-hybridized carbons (Fsp3) is 0.389. The van der Waals surface area contributed by atoms with E-state index in [0.717, 1.165) is 55.1 Å². The molecule has 2 unspecified atom stereocenters. The van der Waals surface area contributed by atoms with Crippen molar-refractivity contribution in [3.8, 4) is 6.07 Å². The average molecular weight is 346 g/mol. The van der Waals surface area contributed by atoms with Gasteiger partial charge in [-0.3, -0.25) is 5.10 Å². The van der Waals surface area contributed by atoms with E-state index in [4.69, 9.17) is 0 Å². The van der Waals surface area contributed by atoms with E-state index in [0.29, 0.717) is 17.5 Å². The summed E-state index contributed by atoms with van der Waals surface area (Å²) in [5, 5.41) is 17.4. The molecule has 0 spiro atoms. The summed E-state index contributed by atoms with van der Waals surface area (Å²) >= 11 is 0. The van der Waals surface area contributed by atoms with Gasteiger partial charge >= 0.3 is 0 Å². The molecule has 26 heavy (non-hydrogen) atoms. The van der Waals surface area contributed by atoms with Crippen LogP contribution in [0.25, 0.3) is 11.0 Å². The molecule has 2 aliphatic rings. The number of nitrogens with zero attached hydrogens (tertiary/aromatic N) is 7. The summed E-state index contributed by atoms with van der Waals surface area (Å²) < 4.78 is 0. The summed E-state index contributed by atoms with van der Waals surface area (Å²) in [5.41, 5.74) is 1.40. The van der Waals surface area contributed by atoms with Crippen molar-refractivity contribution < 1.29 is 0 Å². The maximum absolute atomic E-state index is 9.41. The number of hydrogen-bond acceptors (Lipinski definition) is 7. The minimum Gasteiger partial charge on any atom is -0.353 e. The van der Waals surface area contributed by atoms with Crippen molar-refractivity contribution in [2.75, 3.05) is 29.4 Å². The Morgan fingerprint density at radius 2 is 2.08 bits per heavy atom. The molecule has 0 aromatic carbocycles. The van der Waals surface area contributed by atoms with Crippen LogP contribution in [0.2, 0.25) is 0 Å². The molecule has 0 radical (unpaired) electrons. The van der Waals surface area contributed by atoms with Crippen molar-refractivity contribution in [2.45, 2.75) is 18.9 Å². The van der Waals surface area contributed by atoms with Gasteiger partial charge in [0.2, 0.25) is 0 Å². The Balaban J connectivity index is 1.48. The third-order valence-corrected chi connectivity index (χ3v) is 5.57. The first kappa shape index (κ1) is 15.1. The van der Waals surface area contributed by atoms with Gasteiger partial charge in [0.15, 0.2) is 5.65 Å². The highest BCUT2D eigenvalue weighted by atomic mass is 15.3. The molecule has 5 heterocycles. The maximum atomic E-state index is 9.41. The number of H-pyrrole nitrogens is 1. The quantitative estimate of drug-likeness (QED) is 0.754. The van der Waals surface area contributed by atoms with Gasteiger partial charge < -0.3 is 9.80 Å². The van der Waals surface area contributed by atoms with Crippen LogP contribution < -0.4 is 9.80 Å². The standard InChI is InChI=1S/C18H18N8/c19-8-13-2-1-5-20-17(13)25-6-3-12-4-7-26(15(12)10-25)18-14-9-23-24-16(14)21-11-22-18/h1-2,5,9,11-12,15H,3-4,6-7,10H2,(H,21,22,23,24). The molecule has 2 saturated heterocycles. The fourth-order valence-corrected chi connectivity index (χ4v) is 4.31. The van der Waals surface area contributed by atoms with Gasteiger partial charge in [-0.15, -0.1) is 0 Å². The third kappa shape index (κ3) is 2.28. The second kappa shape index (κ2) is 5.95. The van der Waals surface area contributed by atoms with Gasteiger partial charge in [0.05, 0.1) is 23.2 Å². The van der Waals surface area contributed by atoms with Crippen molar-refractivity contribution in [1.82, 2.24) is 25.1 Å². The summed E-state index contributed by atoms with van der Waals surface area (Å²) in [4.78, 5) is 17.9. The first-order chi connectivity index (χ1) is 12.8. The third-order valence-electron chi connectivity index (χ3n) is 5.57. The molecule has 0 saturated carbocycles. The highest BCUT2D eigenvalue weighted by molar-refractivity contribution is 5.86. The molecule has 130 valence electrons. The van der Waals surface area contributed by atoms with Crippen molar-refractivity contribution in [3.63, 3.8) is 0 Å². The molecule has 3 aromatic rings. The van der Waals surface area contributed by atoms with Gasteiger partial charge in [0.25, 0.3) is 0 Å². The topological polar surface area (TPSA) is 97.6 Å². The van der Waals surface area contributed by atoms with E-state index in [-0.39, 0.29) is 0 Å². The summed E-state index contributed by atoms with van der Waals surface area (Å²) in [6.45, 7) is 2.76. The van der Waals surface area contributed by atoms with E-state index >= 15 is 0 Å². The normalized spacial score (nSPS) is 22.4. The fourth-order valence-electron chi connectivity index (χ4n) is 4.31. The molecule has 8 heteroatoms. The number of fused-ring (bicyclic) bond motifs is 2. The van der Waals surface area contributed by atoms with Gasteiger partial charge in [-0.25, -0.2) is 15.0 Å². The molecule has 0 aliphatic carbocycles. The monoisotopic (exact) mass is 346 g/mol. The Bertz CT molecular complexity index is 990. The number of anilines is 2. The zero-order valence-corrected chi connectivity index (χ0v) is 14.2. The van der Waals surface area contributed by atoms with E-state index in [1.807, 2.05) is 12.1 Å². The van der Waals surface area contributed by atoms with Crippen LogP contribution in [0.5, 0.6) is 0 Å². The maximum Gasteiger partial charge on any atom is 0.160 e. The number of hydrogen-bond donors (Lipinski definition) is 1. The van der Waals surface area contributed by atoms with Gasteiger partial charge in [-0.05, 0) is 30.9 Å². The number of nitriles is 1. The predicted molar refractivity (Wildman–Crippen MR) is 96.7 cm³/mol. The zero-order valence-electron chi connectivity index (χ0n) is 14.2. The van der Waals surface area contributed by atoms with Gasteiger partial charge in [0, 0.05) is 25.8 Å². The Morgan fingerprint density at radius 3 is 3.00 bits per heavy atom. The van der Waals surface area contributed by atoms with Crippen molar-refractivity contribution in [3.05, 3.63) is 36.4 Å². The lowest BCUT2D eigenvalue weighted by Crippen LogP contribution is -2.49. The average Bonchev–Trinajstić information content (AvgIpc) is 3.34. The Kier molecular flexibility index (Phi) is 3.45. The molecular formula is C18H18N8. The molecule has 2 fully saturated rings. The number of aromatic nitrogens is 5. The predicted octanol–water partition coefficient (Wildman–Crippen LogP) is 1.72. The molecular weight excluding hydrogens is 328 g/mol. The number of nitrogens with one attached hydrogen (secondary N) is 1. The van der Waals surface area contributed by atoms with Crippen molar-refractivity contribution in [1.29, 1.82) is 5.26 Å². The van der Waals surface area contributed by atoms with Gasteiger partial charge in [-0.1, -0.05) is 0 Å². The lowest BCUT2D eigenvalue weighted by Gasteiger charge is -2.39. The minimum absolute atomic E-state index is 0.352. The van der Waals surface area contributed by atoms with Crippen LogP contribution in [0.4, 0.5) is 11.6 Å². The van der Waals surface area contributed by atoms with Crippen LogP contribution in [0.3, 0.4) is 0 Å². The zero-order chi connectivity index (χ0) is 17.5. The van der Waals surface area contributed by atoms with E-state index in [1.165, 1.54) is 0 Å². The Labute approximate surface area is 150 Å². The molecule has 3 aromatic heterocycles. The smallest absolute Gasteiger partial charge is 0.160 e. The van der Waals surface area contributed by atoms with E-state index in [9.17, 15) is 5.26 Å². The molecule has 5 rings (SSSR count). The van der Waals surface area contributed by atoms with Crippen LogP contribution >= 0.6 is 0 Å². The van der Waals surface area contributed by atoms with E-state index < -0.39 is 0 Å². The van der Waals surface area contributed by atoms with Crippen LogP contribution in [0, 0.1) is 17.2 Å². The largest absolute Gasteiger partial charge is 0.353 e. The molecule has 8 nitrogen and oxygen atoms in total. The highest BCUT2D eigenvalue weighted by Crippen LogP contribution is 2.37. The first-order valence-electron chi connectivity index (χ1n) is 8.86. The molecule has 0 amide bonds. The van der Waals surface area contributed by atoms with Crippen LogP contribution in [0.15, 0.2) is 30.9 Å². The second-order valence-corrected chi connectivity index (χ2v) is 6.86. The number of pyridine rings is 1. The van der Waals surface area contributed by atoms with Crippen molar-refractivity contribution in [2.24, 2.45) is 5.92 Å². The van der Waals surface area contributed by atoms with Gasteiger partial charge in [0.1, 0.15) is 24.0 Å². The Morgan fingerprint density at radius 1 is 1.15 bits per heavy atom. The molecule has 1 N–H and O–H groups in total. The van der Waals surface area contributed by atoms with Crippen molar-refractivity contribution >= 4 is 22.7 Å². The summed E-state index contributed by atoms with van der Waals surface area (Å²) in [6.07, 6.45) is 7.41. The van der Waals surface area contributed by atoms with Gasteiger partial charge in [-0.2, -0.15) is 10.4 Å². The van der Waals surface area contributed by atoms with Crippen LogP contribution in [-0.2, 0) is 0 Å². The molecule has 0 bridgehead atoms. The van der Waals surface area contributed by atoms with E-state index in [2.05, 4.69) is 41.0 Å². The molecule has 2 atom stereocenters. The summed E-state index contributed by atoms with van der Waals surface area (Å²) in [5.74, 6) is 2.37. The minimum atomic E-state index is 0.352. The second-order valence-electron chi connectivity index (χ2n) is 6.86. The SMILES string of the molecule is N#Cc1cccnc1N1CCC2CCN(c3ncnc4[nH]ncc34)C2C1. The highest BCUT2D eigenvalue weighted by Gasteiger charge is 2.40. The summed E-state index contributed by atoms with van der Waals surface area (Å²) in [6, 6.07) is 6.26. The van der Waals surface area contributed by atoms with Crippen LogP contribution in [-0.4, -0.2) is 50.8 Å².